The van der Waals surface area contributed by atoms with E-state index in [4.69, 9.17) is 4.74 Å². The van der Waals surface area contributed by atoms with Crippen LogP contribution in [0.25, 0.3) is 77.5 Å². The second-order valence-corrected chi connectivity index (χ2v) is 15.2. The van der Waals surface area contributed by atoms with Crippen LogP contribution in [0.3, 0.4) is 0 Å². The smallest absolute Gasteiger partial charge is 0.159 e. The molecule has 10 aromatic rings. The molecule has 282 valence electrons. The van der Waals surface area contributed by atoms with Gasteiger partial charge in [-0.2, -0.15) is 0 Å². The highest BCUT2D eigenvalue weighted by molar-refractivity contribution is 6.05. The van der Waals surface area contributed by atoms with Crippen molar-refractivity contribution in [2.24, 2.45) is 0 Å². The number of benzene rings is 10. The number of hydrogen-bond acceptors (Lipinski definition) is 2. The van der Waals surface area contributed by atoms with Gasteiger partial charge in [-0.05, 0) is 103 Å². The van der Waals surface area contributed by atoms with Gasteiger partial charge >= 0.3 is 0 Å². The van der Waals surface area contributed by atoms with Crippen molar-refractivity contribution in [3.05, 3.63) is 237 Å². The van der Waals surface area contributed by atoms with Crippen LogP contribution in [-0.4, -0.2) is 0 Å². The average Bonchev–Trinajstić information content (AvgIpc) is 3.48. The molecule has 0 aliphatic carbocycles. The third-order valence-electron chi connectivity index (χ3n) is 11.7. The molecule has 2 nitrogen and oxygen atoms in total. The summed E-state index contributed by atoms with van der Waals surface area (Å²) < 4.78 is 7.31. The topological polar surface area (TPSA) is 12.5 Å². The Balaban J connectivity index is 1.06. The first kappa shape index (κ1) is 35.2. The van der Waals surface area contributed by atoms with Crippen LogP contribution in [0.4, 0.5) is 17.1 Å². The lowest BCUT2D eigenvalue weighted by Gasteiger charge is -2.28. The van der Waals surface area contributed by atoms with Gasteiger partial charge in [0.05, 0.1) is 5.69 Å². The zero-order valence-corrected chi connectivity index (χ0v) is 32.9. The van der Waals surface area contributed by atoms with Gasteiger partial charge in [0, 0.05) is 22.5 Å². The maximum atomic E-state index is 7.31. The summed E-state index contributed by atoms with van der Waals surface area (Å²) in [4.78, 5) is 2.33. The lowest BCUT2D eigenvalue weighted by Crippen LogP contribution is -2.11. The molecule has 1 aliphatic heterocycles. The highest BCUT2D eigenvalue weighted by Gasteiger charge is 2.28. The molecule has 0 N–H and O–H groups in total. The van der Waals surface area contributed by atoms with E-state index in [0.29, 0.717) is 0 Å². The van der Waals surface area contributed by atoms with E-state index < -0.39 is 0 Å². The largest absolute Gasteiger partial charge is 0.454 e. The SMILES string of the molecule is c1ccc(-c2ccc(-c3ccc(N(c4ccc(-c5ccccc5)cc4)c4cccc5c4Oc4cccc(-c6cccc7ccccc67)c4-c4ccccc4-5)cc3)cc2)cc1. The summed E-state index contributed by atoms with van der Waals surface area (Å²) in [6.07, 6.45) is 0. The fourth-order valence-corrected chi connectivity index (χ4v) is 8.79. The highest BCUT2D eigenvalue weighted by Crippen LogP contribution is 2.55. The van der Waals surface area contributed by atoms with Gasteiger partial charge in [-0.3, -0.25) is 0 Å². The molecule has 2 heteroatoms. The van der Waals surface area contributed by atoms with E-state index in [1.165, 1.54) is 44.2 Å². The lowest BCUT2D eigenvalue weighted by molar-refractivity contribution is 0.489. The van der Waals surface area contributed by atoms with Gasteiger partial charge in [-0.1, -0.05) is 200 Å². The number of rotatable bonds is 7. The summed E-state index contributed by atoms with van der Waals surface area (Å²) in [7, 11) is 0. The van der Waals surface area contributed by atoms with E-state index in [-0.39, 0.29) is 0 Å². The van der Waals surface area contributed by atoms with Crippen molar-refractivity contribution in [3.63, 3.8) is 0 Å². The number of ether oxygens (including phenoxy) is 1. The molecule has 0 unspecified atom stereocenters. The molecule has 0 saturated carbocycles. The zero-order valence-electron chi connectivity index (χ0n) is 32.9. The normalized spacial score (nSPS) is 11.5. The molecule has 0 bridgehead atoms. The average molecular weight is 766 g/mol. The predicted octanol–water partition coefficient (Wildman–Crippen LogP) is 16.4. The van der Waals surface area contributed by atoms with Gasteiger partial charge in [0.15, 0.2) is 5.75 Å². The van der Waals surface area contributed by atoms with Crippen molar-refractivity contribution in [2.45, 2.75) is 0 Å². The summed E-state index contributed by atoms with van der Waals surface area (Å²) in [5.41, 5.74) is 16.9. The van der Waals surface area contributed by atoms with E-state index in [1.807, 2.05) is 0 Å². The van der Waals surface area contributed by atoms with E-state index in [0.717, 1.165) is 61.9 Å². The third-order valence-corrected chi connectivity index (χ3v) is 11.7. The molecule has 0 atom stereocenters. The van der Waals surface area contributed by atoms with Crippen molar-refractivity contribution in [3.8, 4) is 78.3 Å². The number of fused-ring (bicyclic) bond motifs is 6. The Hall–Kier alpha value is -7.94. The molecule has 60 heavy (non-hydrogen) atoms. The van der Waals surface area contributed by atoms with E-state index in [2.05, 4.69) is 241 Å². The first-order valence-electron chi connectivity index (χ1n) is 20.5. The molecule has 0 radical (unpaired) electrons. The van der Waals surface area contributed by atoms with Crippen LogP contribution in [-0.2, 0) is 0 Å². The van der Waals surface area contributed by atoms with Gasteiger partial charge in [0.25, 0.3) is 0 Å². The van der Waals surface area contributed by atoms with E-state index in [9.17, 15) is 0 Å². The maximum absolute atomic E-state index is 7.31. The predicted molar refractivity (Wildman–Crippen MR) is 251 cm³/mol. The van der Waals surface area contributed by atoms with Crippen molar-refractivity contribution in [1.82, 2.24) is 0 Å². The van der Waals surface area contributed by atoms with Crippen molar-refractivity contribution < 1.29 is 4.74 Å². The minimum absolute atomic E-state index is 0.812. The Morgan fingerprint density at radius 1 is 0.283 bits per heavy atom. The van der Waals surface area contributed by atoms with E-state index >= 15 is 0 Å². The Morgan fingerprint density at radius 3 is 1.35 bits per heavy atom. The van der Waals surface area contributed by atoms with Crippen LogP contribution in [0.5, 0.6) is 11.5 Å². The maximum Gasteiger partial charge on any atom is 0.159 e. The quantitative estimate of drug-likeness (QED) is 0.160. The van der Waals surface area contributed by atoms with Crippen LogP contribution in [0.1, 0.15) is 0 Å². The second-order valence-electron chi connectivity index (χ2n) is 15.2. The van der Waals surface area contributed by atoms with E-state index in [1.54, 1.807) is 0 Å². The van der Waals surface area contributed by atoms with Crippen LogP contribution >= 0.6 is 0 Å². The first-order chi connectivity index (χ1) is 29.8. The zero-order chi connectivity index (χ0) is 39.8. The molecule has 10 aromatic carbocycles. The number of hydrogen-bond donors (Lipinski definition) is 0. The number of anilines is 3. The Labute approximate surface area is 350 Å². The summed E-state index contributed by atoms with van der Waals surface area (Å²) in [5.74, 6) is 1.64. The molecular formula is C58H39NO. The summed E-state index contributed by atoms with van der Waals surface area (Å²) in [6, 6.07) is 84.6. The molecule has 0 amide bonds. The fraction of sp³-hybridized carbons (Fsp3) is 0. The second kappa shape index (κ2) is 15.1. The monoisotopic (exact) mass is 765 g/mol. The molecule has 0 saturated heterocycles. The van der Waals surface area contributed by atoms with Crippen LogP contribution in [0.15, 0.2) is 237 Å². The van der Waals surface area contributed by atoms with Crippen LogP contribution in [0.2, 0.25) is 0 Å². The van der Waals surface area contributed by atoms with Gasteiger partial charge in [-0.25, -0.2) is 0 Å². The van der Waals surface area contributed by atoms with Gasteiger partial charge < -0.3 is 9.64 Å². The van der Waals surface area contributed by atoms with Crippen molar-refractivity contribution >= 4 is 27.8 Å². The summed E-state index contributed by atoms with van der Waals surface area (Å²) in [6.45, 7) is 0. The number of para-hydroxylation sites is 1. The molecule has 0 aromatic heterocycles. The van der Waals surface area contributed by atoms with Crippen LogP contribution in [0, 0.1) is 0 Å². The molecule has 0 fully saturated rings. The minimum Gasteiger partial charge on any atom is -0.454 e. The lowest BCUT2D eigenvalue weighted by atomic mass is 9.87. The summed E-state index contributed by atoms with van der Waals surface area (Å²) in [5, 5.41) is 2.43. The Kier molecular flexibility index (Phi) is 8.87. The molecule has 0 spiro atoms. The minimum atomic E-state index is 0.812. The summed E-state index contributed by atoms with van der Waals surface area (Å²) >= 11 is 0. The molecular weight excluding hydrogens is 727 g/mol. The van der Waals surface area contributed by atoms with Gasteiger partial charge in [-0.15, -0.1) is 0 Å². The molecule has 1 aliphatic rings. The van der Waals surface area contributed by atoms with Crippen molar-refractivity contribution in [1.29, 1.82) is 0 Å². The first-order valence-corrected chi connectivity index (χ1v) is 20.5. The Bertz CT molecular complexity index is 3130. The standard InChI is InChI=1S/C58H39NO/c1-3-14-40(15-4-1)42-28-30-43(31-29-42)45-34-38-48(39-35-45)59(47-36-32-44(33-37-47)41-16-5-2-6-17-41)55-26-12-25-54-51-21-9-10-22-52(51)57-53(24-13-27-56(57)60-58(54)55)50-23-11-19-46-18-7-8-20-49(46)50/h1-39H. The molecule has 1 heterocycles. The Morgan fingerprint density at radius 2 is 0.717 bits per heavy atom. The third kappa shape index (κ3) is 6.32. The van der Waals surface area contributed by atoms with Crippen LogP contribution < -0.4 is 9.64 Å². The fourth-order valence-electron chi connectivity index (χ4n) is 8.79. The van der Waals surface area contributed by atoms with Gasteiger partial charge in [0.2, 0.25) is 0 Å². The number of nitrogens with zero attached hydrogens (tertiary/aromatic N) is 1. The molecule has 11 rings (SSSR count). The van der Waals surface area contributed by atoms with Gasteiger partial charge in [0.1, 0.15) is 5.75 Å². The highest BCUT2D eigenvalue weighted by atomic mass is 16.5. The van der Waals surface area contributed by atoms with Crippen molar-refractivity contribution in [2.75, 3.05) is 4.90 Å².